The molecule has 2 heterocycles. The molecule has 2 aromatic rings. The molecule has 0 aliphatic carbocycles. The first-order valence-electron chi connectivity index (χ1n) is 13.7. The average Bonchev–Trinajstić information content (AvgIpc) is 2.98. The number of aryl methyl sites for hydroxylation is 1. The summed E-state index contributed by atoms with van der Waals surface area (Å²) in [5, 5.41) is 23.3. The number of carbonyl (C=O) groups excluding carboxylic acids is 3. The van der Waals surface area contributed by atoms with Gasteiger partial charge in [0.1, 0.15) is 11.7 Å². The summed E-state index contributed by atoms with van der Waals surface area (Å²) >= 11 is 0. The standard InChI is InChI=1S/C28H37N5O8/c1-3-21(34)11-10-20-18-23(30-25(29-20)19-8-6-5-7-9-19)26(37)31-22(12-13-24(35)36)27(38)32-14-16-33(17-15-32)41-28(39)40-4-2/h5-9,18,21-22,34H,3-4,10-17H2,1-2H3,(H,31,37)(H,35,36)/t21-,22?/m0/s1. The molecule has 222 valence electrons. The average molecular weight is 572 g/mol. The second-order valence-corrected chi connectivity index (χ2v) is 9.52. The van der Waals surface area contributed by atoms with Crippen LogP contribution in [0.2, 0.25) is 0 Å². The van der Waals surface area contributed by atoms with E-state index in [1.807, 2.05) is 37.3 Å². The summed E-state index contributed by atoms with van der Waals surface area (Å²) in [5.74, 6) is -1.87. The van der Waals surface area contributed by atoms with Gasteiger partial charge >= 0.3 is 12.1 Å². The summed E-state index contributed by atoms with van der Waals surface area (Å²) in [6, 6.07) is 9.53. The SMILES string of the molecule is CCOC(=O)ON1CCN(C(=O)C(CCC(=O)O)NC(=O)c2cc(CC[C@@H](O)CC)nc(-c3ccccc3)n2)CC1. The molecular weight excluding hydrogens is 534 g/mol. The van der Waals surface area contributed by atoms with Gasteiger partial charge in [0, 0.05) is 30.8 Å². The number of ether oxygens (including phenoxy) is 1. The van der Waals surface area contributed by atoms with Crippen LogP contribution in [-0.4, -0.2) is 99.0 Å². The van der Waals surface area contributed by atoms with Crippen molar-refractivity contribution in [1.82, 2.24) is 25.2 Å². The number of rotatable bonds is 13. The molecule has 3 rings (SSSR count). The first-order chi connectivity index (χ1) is 19.7. The number of aliphatic hydroxyl groups excluding tert-OH is 1. The molecule has 1 unspecified atom stereocenters. The van der Waals surface area contributed by atoms with E-state index in [2.05, 4.69) is 15.3 Å². The number of aliphatic carboxylic acids is 1. The molecule has 1 aromatic carbocycles. The summed E-state index contributed by atoms with van der Waals surface area (Å²) in [4.78, 5) is 65.2. The predicted molar refractivity (Wildman–Crippen MR) is 146 cm³/mol. The maximum atomic E-state index is 13.4. The fraction of sp³-hybridized carbons (Fsp3) is 0.500. The number of carboxylic acid groups (broad SMARTS) is 1. The Bertz CT molecular complexity index is 1190. The van der Waals surface area contributed by atoms with Gasteiger partial charge in [-0.25, -0.2) is 14.8 Å². The van der Waals surface area contributed by atoms with E-state index in [9.17, 15) is 29.4 Å². The number of carbonyl (C=O) groups is 4. The second kappa shape index (κ2) is 15.6. The summed E-state index contributed by atoms with van der Waals surface area (Å²) < 4.78 is 4.77. The van der Waals surface area contributed by atoms with Gasteiger partial charge in [-0.3, -0.25) is 14.4 Å². The van der Waals surface area contributed by atoms with E-state index >= 15 is 0 Å². The van der Waals surface area contributed by atoms with Crippen LogP contribution in [-0.2, 0) is 25.6 Å². The topological polar surface area (TPSA) is 171 Å². The molecule has 13 heteroatoms. The normalized spacial score (nSPS) is 15.0. The summed E-state index contributed by atoms with van der Waals surface area (Å²) in [7, 11) is 0. The van der Waals surface area contributed by atoms with Gasteiger partial charge in [-0.15, -0.1) is 5.06 Å². The lowest BCUT2D eigenvalue weighted by Crippen LogP contribution is -2.55. The third-order valence-electron chi connectivity index (χ3n) is 6.52. The zero-order chi connectivity index (χ0) is 29.8. The number of aromatic nitrogens is 2. The fourth-order valence-corrected chi connectivity index (χ4v) is 4.20. The number of carboxylic acids is 1. The molecule has 1 aromatic heterocycles. The van der Waals surface area contributed by atoms with Crippen LogP contribution in [0.25, 0.3) is 11.4 Å². The zero-order valence-corrected chi connectivity index (χ0v) is 23.3. The van der Waals surface area contributed by atoms with Crippen molar-refractivity contribution in [2.75, 3.05) is 32.8 Å². The maximum absolute atomic E-state index is 13.4. The molecule has 0 spiro atoms. The van der Waals surface area contributed by atoms with Gasteiger partial charge in [0.15, 0.2) is 5.82 Å². The Morgan fingerprint density at radius 2 is 1.73 bits per heavy atom. The summed E-state index contributed by atoms with van der Waals surface area (Å²) in [5.41, 5.74) is 1.28. The minimum Gasteiger partial charge on any atom is -0.481 e. The van der Waals surface area contributed by atoms with E-state index in [1.165, 1.54) is 16.0 Å². The predicted octanol–water partition coefficient (Wildman–Crippen LogP) is 2.04. The van der Waals surface area contributed by atoms with Gasteiger partial charge in [-0.1, -0.05) is 37.3 Å². The molecule has 2 amide bonds. The maximum Gasteiger partial charge on any atom is 0.527 e. The van der Waals surface area contributed by atoms with Crippen LogP contribution in [0.15, 0.2) is 36.4 Å². The Hall–Kier alpha value is -4.10. The summed E-state index contributed by atoms with van der Waals surface area (Å²) in [6.07, 6.45) is -0.342. The number of hydrogen-bond acceptors (Lipinski definition) is 10. The van der Waals surface area contributed by atoms with E-state index in [-0.39, 0.29) is 51.3 Å². The zero-order valence-electron chi connectivity index (χ0n) is 23.3. The highest BCUT2D eigenvalue weighted by atomic mass is 16.8. The summed E-state index contributed by atoms with van der Waals surface area (Å²) in [6.45, 7) is 4.56. The van der Waals surface area contributed by atoms with Crippen LogP contribution in [0.5, 0.6) is 0 Å². The van der Waals surface area contributed by atoms with Crippen LogP contribution in [0.3, 0.4) is 0 Å². The Kier molecular flexibility index (Phi) is 12.0. The molecule has 2 atom stereocenters. The number of benzene rings is 1. The van der Waals surface area contributed by atoms with Gasteiger partial charge in [-0.2, -0.15) is 0 Å². The number of aliphatic hydroxyl groups is 1. The number of piperazine rings is 1. The first kappa shape index (κ1) is 31.4. The third-order valence-corrected chi connectivity index (χ3v) is 6.52. The van der Waals surface area contributed by atoms with Crippen LogP contribution >= 0.6 is 0 Å². The minimum absolute atomic E-state index is 0.0284. The molecule has 3 N–H and O–H groups in total. The fourth-order valence-electron chi connectivity index (χ4n) is 4.20. The van der Waals surface area contributed by atoms with Crippen LogP contribution < -0.4 is 5.32 Å². The number of nitrogens with zero attached hydrogens (tertiary/aromatic N) is 4. The molecule has 0 radical (unpaired) electrons. The first-order valence-corrected chi connectivity index (χ1v) is 13.7. The second-order valence-electron chi connectivity index (χ2n) is 9.52. The molecule has 1 saturated heterocycles. The van der Waals surface area contributed by atoms with Crippen LogP contribution in [0.4, 0.5) is 4.79 Å². The smallest absolute Gasteiger partial charge is 0.481 e. The van der Waals surface area contributed by atoms with Gasteiger partial charge < -0.3 is 30.0 Å². The Morgan fingerprint density at radius 1 is 1.02 bits per heavy atom. The Balaban J connectivity index is 1.77. The van der Waals surface area contributed by atoms with Gasteiger partial charge in [-0.05, 0) is 38.7 Å². The lowest BCUT2D eigenvalue weighted by Gasteiger charge is -2.35. The highest BCUT2D eigenvalue weighted by Crippen LogP contribution is 2.18. The van der Waals surface area contributed by atoms with Crippen molar-refractivity contribution >= 4 is 23.9 Å². The van der Waals surface area contributed by atoms with E-state index in [0.717, 1.165) is 0 Å². The molecule has 0 bridgehead atoms. The van der Waals surface area contributed by atoms with Gasteiger partial charge in [0.2, 0.25) is 5.91 Å². The quantitative estimate of drug-likeness (QED) is 0.301. The van der Waals surface area contributed by atoms with E-state index < -0.39 is 36.1 Å². The number of amides is 2. The van der Waals surface area contributed by atoms with E-state index in [0.29, 0.717) is 36.3 Å². The highest BCUT2D eigenvalue weighted by Gasteiger charge is 2.31. The number of nitrogens with one attached hydrogen (secondary N) is 1. The minimum atomic E-state index is -1.11. The van der Waals surface area contributed by atoms with Crippen molar-refractivity contribution in [2.45, 2.75) is 58.1 Å². The van der Waals surface area contributed by atoms with Crippen LogP contribution in [0.1, 0.15) is 55.7 Å². The number of hydroxylamine groups is 2. The molecule has 41 heavy (non-hydrogen) atoms. The van der Waals surface area contributed by atoms with E-state index in [4.69, 9.17) is 9.57 Å². The highest BCUT2D eigenvalue weighted by molar-refractivity contribution is 5.96. The van der Waals surface area contributed by atoms with Crippen molar-refractivity contribution in [3.8, 4) is 11.4 Å². The third kappa shape index (κ3) is 9.80. The van der Waals surface area contributed by atoms with E-state index in [1.54, 1.807) is 6.92 Å². The number of hydrogen-bond donors (Lipinski definition) is 3. The van der Waals surface area contributed by atoms with Crippen molar-refractivity contribution in [3.05, 3.63) is 47.8 Å². The Labute approximate surface area is 238 Å². The molecule has 1 fully saturated rings. The lowest BCUT2D eigenvalue weighted by atomic mass is 10.1. The van der Waals surface area contributed by atoms with Crippen molar-refractivity contribution < 1.29 is 39.0 Å². The molecule has 13 nitrogen and oxygen atoms in total. The van der Waals surface area contributed by atoms with Crippen molar-refractivity contribution in [2.24, 2.45) is 0 Å². The molecule has 1 aliphatic heterocycles. The monoisotopic (exact) mass is 571 g/mol. The molecular formula is C28H37N5O8. The van der Waals surface area contributed by atoms with Crippen molar-refractivity contribution in [1.29, 1.82) is 0 Å². The molecule has 1 aliphatic rings. The Morgan fingerprint density at radius 3 is 2.37 bits per heavy atom. The van der Waals surface area contributed by atoms with Crippen LogP contribution in [0, 0.1) is 0 Å². The van der Waals surface area contributed by atoms with Gasteiger partial charge in [0.05, 0.1) is 25.8 Å². The van der Waals surface area contributed by atoms with Crippen molar-refractivity contribution in [3.63, 3.8) is 0 Å². The largest absolute Gasteiger partial charge is 0.527 e. The van der Waals surface area contributed by atoms with Gasteiger partial charge in [0.25, 0.3) is 5.91 Å². The lowest BCUT2D eigenvalue weighted by molar-refractivity contribution is -0.157. The molecule has 0 saturated carbocycles.